The summed E-state index contributed by atoms with van der Waals surface area (Å²) in [4.78, 5) is 28.7. The van der Waals surface area contributed by atoms with Crippen molar-refractivity contribution in [3.63, 3.8) is 0 Å². The maximum absolute atomic E-state index is 14.8. The molecule has 2 unspecified atom stereocenters. The standard InChI is InChI=1S/C25H28F3N3O3/c1-15-13-31(14-16(2)34-15)23-6-4-19(12-22(23)28)29-24(32)17-7-9-30(10-8-17)25(33)20-5-3-18(26)11-21(20)27/h3-6,11-12,15-17H,7-10,13-14H2,1-2H3,(H,29,32). The summed E-state index contributed by atoms with van der Waals surface area (Å²) in [6.07, 6.45) is 0.786. The number of likely N-dealkylation sites (tertiary alicyclic amines) is 1. The van der Waals surface area contributed by atoms with E-state index in [1.807, 2.05) is 18.7 Å². The molecule has 0 spiro atoms. The van der Waals surface area contributed by atoms with Gasteiger partial charge in [0.25, 0.3) is 5.91 Å². The van der Waals surface area contributed by atoms with Crippen molar-refractivity contribution in [3.05, 3.63) is 59.4 Å². The second kappa shape index (κ2) is 10.0. The fourth-order valence-electron chi connectivity index (χ4n) is 4.64. The molecule has 2 aromatic rings. The van der Waals surface area contributed by atoms with Crippen molar-refractivity contribution in [3.8, 4) is 0 Å². The van der Waals surface area contributed by atoms with Gasteiger partial charge in [-0.25, -0.2) is 13.2 Å². The molecule has 2 saturated heterocycles. The lowest BCUT2D eigenvalue weighted by Crippen LogP contribution is -2.45. The Morgan fingerprint density at radius 3 is 2.24 bits per heavy atom. The highest BCUT2D eigenvalue weighted by Crippen LogP contribution is 2.27. The predicted octanol–water partition coefficient (Wildman–Crippen LogP) is 4.21. The van der Waals surface area contributed by atoms with Crippen LogP contribution in [0, 0.1) is 23.4 Å². The molecule has 0 aromatic heterocycles. The second-order valence-corrected chi connectivity index (χ2v) is 9.01. The van der Waals surface area contributed by atoms with E-state index in [9.17, 15) is 22.8 Å². The van der Waals surface area contributed by atoms with Gasteiger partial charge in [0.2, 0.25) is 5.91 Å². The summed E-state index contributed by atoms with van der Waals surface area (Å²) >= 11 is 0. The number of ether oxygens (including phenoxy) is 1. The molecule has 1 N–H and O–H groups in total. The topological polar surface area (TPSA) is 61.9 Å². The molecule has 34 heavy (non-hydrogen) atoms. The van der Waals surface area contributed by atoms with Crippen molar-refractivity contribution in [2.75, 3.05) is 36.4 Å². The van der Waals surface area contributed by atoms with Crippen LogP contribution < -0.4 is 10.2 Å². The number of benzene rings is 2. The monoisotopic (exact) mass is 475 g/mol. The summed E-state index contributed by atoms with van der Waals surface area (Å²) in [5.41, 5.74) is 0.649. The highest BCUT2D eigenvalue weighted by Gasteiger charge is 2.29. The number of nitrogens with zero attached hydrogens (tertiary/aromatic N) is 2. The van der Waals surface area contributed by atoms with Gasteiger partial charge in [-0.2, -0.15) is 0 Å². The number of morpholine rings is 1. The average Bonchev–Trinajstić information content (AvgIpc) is 2.78. The SMILES string of the molecule is CC1CN(c2ccc(NC(=O)C3CCN(C(=O)c4ccc(F)cc4F)CC3)cc2F)CC(C)O1. The highest BCUT2D eigenvalue weighted by atomic mass is 19.1. The van der Waals surface area contributed by atoms with E-state index in [0.717, 1.165) is 12.1 Å². The van der Waals surface area contributed by atoms with Crippen LogP contribution in [0.25, 0.3) is 0 Å². The van der Waals surface area contributed by atoms with Crippen molar-refractivity contribution < 1.29 is 27.5 Å². The van der Waals surface area contributed by atoms with Crippen molar-refractivity contribution in [1.29, 1.82) is 0 Å². The highest BCUT2D eigenvalue weighted by molar-refractivity contribution is 5.95. The normalized spacial score (nSPS) is 21.4. The Kier molecular flexibility index (Phi) is 7.11. The number of amides is 2. The van der Waals surface area contributed by atoms with Gasteiger partial charge in [-0.15, -0.1) is 0 Å². The number of carbonyl (C=O) groups is 2. The molecule has 2 aromatic carbocycles. The van der Waals surface area contributed by atoms with Crippen LogP contribution in [0.1, 0.15) is 37.0 Å². The van der Waals surface area contributed by atoms with Crippen molar-refractivity contribution in [1.82, 2.24) is 4.90 Å². The van der Waals surface area contributed by atoms with Crippen LogP contribution in [0.4, 0.5) is 24.5 Å². The fraction of sp³-hybridized carbons (Fsp3) is 0.440. The minimum absolute atomic E-state index is 0.000159. The minimum Gasteiger partial charge on any atom is -0.372 e. The third-order valence-electron chi connectivity index (χ3n) is 6.29. The quantitative estimate of drug-likeness (QED) is 0.720. The smallest absolute Gasteiger partial charge is 0.256 e. The summed E-state index contributed by atoms with van der Waals surface area (Å²) in [7, 11) is 0. The van der Waals surface area contributed by atoms with Crippen LogP contribution in [0.5, 0.6) is 0 Å². The van der Waals surface area contributed by atoms with E-state index in [1.165, 1.54) is 11.0 Å². The van der Waals surface area contributed by atoms with E-state index < -0.39 is 23.4 Å². The van der Waals surface area contributed by atoms with E-state index in [2.05, 4.69) is 5.32 Å². The van der Waals surface area contributed by atoms with E-state index >= 15 is 0 Å². The number of hydrogen-bond acceptors (Lipinski definition) is 4. The van der Waals surface area contributed by atoms with Crippen LogP contribution >= 0.6 is 0 Å². The Morgan fingerprint density at radius 2 is 1.62 bits per heavy atom. The number of carbonyl (C=O) groups excluding carboxylic acids is 2. The molecule has 182 valence electrons. The number of hydrogen-bond donors (Lipinski definition) is 1. The zero-order valence-electron chi connectivity index (χ0n) is 19.2. The van der Waals surface area contributed by atoms with Crippen molar-refractivity contribution in [2.24, 2.45) is 5.92 Å². The third kappa shape index (κ3) is 5.35. The Labute approximate surface area is 196 Å². The Balaban J connectivity index is 1.33. The van der Waals surface area contributed by atoms with Gasteiger partial charge in [-0.05, 0) is 57.0 Å². The summed E-state index contributed by atoms with van der Waals surface area (Å²) in [5.74, 6) is -3.20. The van der Waals surface area contributed by atoms with E-state index in [4.69, 9.17) is 4.74 Å². The van der Waals surface area contributed by atoms with Crippen LogP contribution in [0.3, 0.4) is 0 Å². The molecule has 0 saturated carbocycles. The van der Waals surface area contributed by atoms with Crippen LogP contribution in [-0.2, 0) is 9.53 Å². The van der Waals surface area contributed by atoms with Crippen LogP contribution in [0.15, 0.2) is 36.4 Å². The number of rotatable bonds is 4. The lowest BCUT2D eigenvalue weighted by Gasteiger charge is -2.37. The lowest BCUT2D eigenvalue weighted by molar-refractivity contribution is -0.121. The molecule has 4 rings (SSSR count). The molecule has 2 heterocycles. The van der Waals surface area contributed by atoms with Gasteiger partial charge in [0, 0.05) is 43.9 Å². The molecule has 9 heteroatoms. The van der Waals surface area contributed by atoms with Crippen LogP contribution in [0.2, 0.25) is 0 Å². The number of halogens is 3. The zero-order chi connectivity index (χ0) is 24.4. The molecule has 6 nitrogen and oxygen atoms in total. The van der Waals surface area contributed by atoms with Crippen molar-refractivity contribution >= 4 is 23.2 Å². The molecule has 0 aliphatic carbocycles. The van der Waals surface area contributed by atoms with Gasteiger partial charge in [0.1, 0.15) is 17.5 Å². The first-order valence-electron chi connectivity index (χ1n) is 11.5. The van der Waals surface area contributed by atoms with Crippen molar-refractivity contribution in [2.45, 2.75) is 38.9 Å². The van der Waals surface area contributed by atoms with Gasteiger partial charge in [0.05, 0.1) is 23.5 Å². The van der Waals surface area contributed by atoms with E-state index in [0.29, 0.717) is 43.4 Å². The summed E-state index contributed by atoms with van der Waals surface area (Å²) in [5, 5.41) is 2.76. The second-order valence-electron chi connectivity index (χ2n) is 9.01. The maximum Gasteiger partial charge on any atom is 0.256 e. The first kappa shape index (κ1) is 24.1. The molecule has 2 fully saturated rings. The molecule has 2 amide bonds. The summed E-state index contributed by atoms with van der Waals surface area (Å²) in [6, 6.07) is 7.50. The largest absolute Gasteiger partial charge is 0.372 e. The predicted molar refractivity (Wildman–Crippen MR) is 122 cm³/mol. The van der Waals surface area contributed by atoms with Gasteiger partial charge in [0.15, 0.2) is 0 Å². The molecule has 0 bridgehead atoms. The number of anilines is 2. The Hall–Kier alpha value is -3.07. The van der Waals surface area contributed by atoms with E-state index in [-0.39, 0.29) is 42.7 Å². The van der Waals surface area contributed by atoms with Gasteiger partial charge < -0.3 is 19.9 Å². The molecule has 2 atom stereocenters. The molecule has 2 aliphatic heterocycles. The zero-order valence-corrected chi connectivity index (χ0v) is 19.2. The summed E-state index contributed by atoms with van der Waals surface area (Å²) in [6.45, 7) is 5.62. The average molecular weight is 476 g/mol. The maximum atomic E-state index is 14.8. The first-order valence-corrected chi connectivity index (χ1v) is 11.5. The Morgan fingerprint density at radius 1 is 0.941 bits per heavy atom. The summed E-state index contributed by atoms with van der Waals surface area (Å²) < 4.78 is 47.5. The molecule has 0 radical (unpaired) electrons. The van der Waals surface area contributed by atoms with Gasteiger partial charge >= 0.3 is 0 Å². The Bertz CT molecular complexity index is 1060. The number of nitrogens with one attached hydrogen (secondary N) is 1. The minimum atomic E-state index is -0.906. The molecular weight excluding hydrogens is 447 g/mol. The van der Waals surface area contributed by atoms with Gasteiger partial charge in [-0.3, -0.25) is 9.59 Å². The fourth-order valence-corrected chi connectivity index (χ4v) is 4.64. The third-order valence-corrected chi connectivity index (χ3v) is 6.29. The molecular formula is C25H28F3N3O3. The first-order chi connectivity index (χ1) is 16.2. The van der Waals surface area contributed by atoms with Gasteiger partial charge in [-0.1, -0.05) is 0 Å². The van der Waals surface area contributed by atoms with Crippen LogP contribution in [-0.4, -0.2) is 55.1 Å². The number of piperidine rings is 1. The van der Waals surface area contributed by atoms with E-state index in [1.54, 1.807) is 12.1 Å². The molecule has 2 aliphatic rings. The lowest BCUT2D eigenvalue weighted by atomic mass is 9.95.